The quantitative estimate of drug-likeness (QED) is 0.814. The molecule has 0 aliphatic carbocycles. The lowest BCUT2D eigenvalue weighted by molar-refractivity contribution is 0.355. The zero-order valence-corrected chi connectivity index (χ0v) is 9.85. The summed E-state index contributed by atoms with van der Waals surface area (Å²) < 4.78 is 15.4. The summed E-state index contributed by atoms with van der Waals surface area (Å²) in [6.45, 7) is 1.74. The lowest BCUT2D eigenvalue weighted by Crippen LogP contribution is -1.96. The summed E-state index contributed by atoms with van der Waals surface area (Å²) >= 11 is 0. The third-order valence-electron chi connectivity index (χ3n) is 2.31. The summed E-state index contributed by atoms with van der Waals surface area (Å²) in [5, 5.41) is 3.72. The van der Waals surface area contributed by atoms with E-state index in [9.17, 15) is 0 Å². The second-order valence-corrected chi connectivity index (χ2v) is 3.44. The largest absolute Gasteiger partial charge is 0.493 e. The van der Waals surface area contributed by atoms with Crippen LogP contribution in [0.3, 0.4) is 0 Å². The Bertz CT molecular complexity index is 537. The fraction of sp³-hybridized carbons (Fsp3) is 0.273. The second kappa shape index (κ2) is 4.32. The van der Waals surface area contributed by atoms with Gasteiger partial charge in [-0.15, -0.1) is 0 Å². The normalized spacial score (nSPS) is 10.3. The van der Waals surface area contributed by atoms with Gasteiger partial charge in [-0.05, 0) is 13.0 Å². The maximum absolute atomic E-state index is 5.90. The smallest absolute Gasteiger partial charge is 0.260 e. The van der Waals surface area contributed by atoms with Gasteiger partial charge in [0.05, 0.1) is 19.8 Å². The van der Waals surface area contributed by atoms with E-state index in [1.165, 1.54) is 0 Å². The Labute approximate surface area is 98.3 Å². The van der Waals surface area contributed by atoms with Crippen molar-refractivity contribution in [2.45, 2.75) is 6.92 Å². The number of nitrogens with two attached hydrogens (primary N) is 1. The third-order valence-corrected chi connectivity index (χ3v) is 2.31. The average Bonchev–Trinajstić information content (AvgIpc) is 2.75. The van der Waals surface area contributed by atoms with Crippen LogP contribution in [-0.4, -0.2) is 24.4 Å². The minimum atomic E-state index is 0.362. The van der Waals surface area contributed by atoms with Crippen LogP contribution in [0.4, 0.5) is 5.69 Å². The molecule has 1 aromatic heterocycles. The molecule has 1 heterocycles. The Morgan fingerprint density at radius 1 is 1.18 bits per heavy atom. The molecule has 1 aromatic carbocycles. The molecule has 0 saturated carbocycles. The van der Waals surface area contributed by atoms with Crippen molar-refractivity contribution in [2.75, 3.05) is 20.0 Å². The van der Waals surface area contributed by atoms with Gasteiger partial charge >= 0.3 is 0 Å². The van der Waals surface area contributed by atoms with Crippen LogP contribution in [-0.2, 0) is 0 Å². The first-order chi connectivity index (χ1) is 8.15. The molecule has 0 spiro atoms. The summed E-state index contributed by atoms with van der Waals surface area (Å²) in [5.41, 5.74) is 7.02. The van der Waals surface area contributed by atoms with Gasteiger partial charge in [-0.25, -0.2) is 0 Å². The summed E-state index contributed by atoms with van der Waals surface area (Å²) in [4.78, 5) is 4.12. The van der Waals surface area contributed by atoms with E-state index in [-0.39, 0.29) is 0 Å². The molecule has 2 N–H and O–H groups in total. The first-order valence-corrected chi connectivity index (χ1v) is 4.98. The van der Waals surface area contributed by atoms with Crippen LogP contribution in [0, 0.1) is 6.92 Å². The highest BCUT2D eigenvalue weighted by Crippen LogP contribution is 2.36. The fourth-order valence-corrected chi connectivity index (χ4v) is 1.49. The molecule has 6 heteroatoms. The van der Waals surface area contributed by atoms with Crippen LogP contribution in [0.5, 0.6) is 11.5 Å². The molecule has 0 radical (unpaired) electrons. The molecule has 6 nitrogen and oxygen atoms in total. The van der Waals surface area contributed by atoms with E-state index in [0.29, 0.717) is 34.5 Å². The molecule has 0 fully saturated rings. The number of ether oxygens (including phenoxy) is 2. The number of aromatic nitrogens is 2. The lowest BCUT2D eigenvalue weighted by Gasteiger charge is -2.10. The van der Waals surface area contributed by atoms with Crippen molar-refractivity contribution < 1.29 is 14.0 Å². The van der Waals surface area contributed by atoms with Gasteiger partial charge in [-0.1, -0.05) is 5.16 Å². The molecule has 2 aromatic rings. The standard InChI is InChI=1S/C11H13N3O3/c1-6-13-11(17-14-6)7-4-9(15-2)10(16-3)5-8(7)12/h4-5H,12H2,1-3H3. The van der Waals surface area contributed by atoms with Crippen molar-refractivity contribution in [3.63, 3.8) is 0 Å². The monoisotopic (exact) mass is 235 g/mol. The van der Waals surface area contributed by atoms with Crippen molar-refractivity contribution in [1.82, 2.24) is 10.1 Å². The van der Waals surface area contributed by atoms with Crippen LogP contribution < -0.4 is 15.2 Å². The van der Waals surface area contributed by atoms with Gasteiger partial charge in [-0.2, -0.15) is 4.98 Å². The van der Waals surface area contributed by atoms with Crippen molar-refractivity contribution in [1.29, 1.82) is 0 Å². The highest BCUT2D eigenvalue weighted by atomic mass is 16.5. The molecule has 0 unspecified atom stereocenters. The molecular weight excluding hydrogens is 222 g/mol. The number of nitrogen functional groups attached to an aromatic ring is 1. The van der Waals surface area contributed by atoms with Crippen molar-refractivity contribution in [3.05, 3.63) is 18.0 Å². The van der Waals surface area contributed by atoms with Gasteiger partial charge in [0.25, 0.3) is 5.89 Å². The number of methoxy groups -OCH3 is 2. The first-order valence-electron chi connectivity index (χ1n) is 4.98. The minimum Gasteiger partial charge on any atom is -0.493 e. The molecule has 2 rings (SSSR count). The number of nitrogens with zero attached hydrogens (tertiary/aromatic N) is 2. The zero-order chi connectivity index (χ0) is 12.4. The van der Waals surface area contributed by atoms with E-state index in [1.807, 2.05) is 0 Å². The van der Waals surface area contributed by atoms with E-state index in [2.05, 4.69) is 10.1 Å². The Morgan fingerprint density at radius 3 is 2.35 bits per heavy atom. The van der Waals surface area contributed by atoms with Crippen LogP contribution in [0.15, 0.2) is 16.7 Å². The van der Waals surface area contributed by atoms with E-state index in [0.717, 1.165) is 0 Å². The van der Waals surface area contributed by atoms with Crippen LogP contribution in [0.2, 0.25) is 0 Å². The van der Waals surface area contributed by atoms with E-state index in [1.54, 1.807) is 33.3 Å². The van der Waals surface area contributed by atoms with Gasteiger partial charge in [0.2, 0.25) is 0 Å². The predicted molar refractivity (Wildman–Crippen MR) is 62.0 cm³/mol. The van der Waals surface area contributed by atoms with Gasteiger partial charge in [0.15, 0.2) is 17.3 Å². The number of benzene rings is 1. The number of anilines is 1. The maximum Gasteiger partial charge on any atom is 0.260 e. The van der Waals surface area contributed by atoms with Crippen LogP contribution in [0.25, 0.3) is 11.5 Å². The van der Waals surface area contributed by atoms with Crippen LogP contribution in [0.1, 0.15) is 5.82 Å². The number of rotatable bonds is 3. The highest BCUT2D eigenvalue weighted by molar-refractivity contribution is 5.75. The van der Waals surface area contributed by atoms with Gasteiger partial charge < -0.3 is 19.7 Å². The average molecular weight is 235 g/mol. The summed E-state index contributed by atoms with van der Waals surface area (Å²) in [7, 11) is 3.10. The number of hydrogen-bond acceptors (Lipinski definition) is 6. The van der Waals surface area contributed by atoms with Crippen molar-refractivity contribution in [2.24, 2.45) is 0 Å². The Morgan fingerprint density at radius 2 is 1.82 bits per heavy atom. The van der Waals surface area contributed by atoms with Crippen LogP contribution >= 0.6 is 0 Å². The number of hydrogen-bond donors (Lipinski definition) is 1. The predicted octanol–water partition coefficient (Wildman–Crippen LogP) is 1.64. The molecule has 0 aliphatic rings. The Balaban J connectivity index is 2.55. The number of aryl methyl sites for hydroxylation is 1. The molecule has 0 atom stereocenters. The molecule has 17 heavy (non-hydrogen) atoms. The zero-order valence-electron chi connectivity index (χ0n) is 9.85. The molecule has 0 amide bonds. The van der Waals surface area contributed by atoms with Gasteiger partial charge in [0, 0.05) is 11.8 Å². The first kappa shape index (κ1) is 11.3. The topological polar surface area (TPSA) is 83.4 Å². The SMILES string of the molecule is COc1cc(N)c(-c2nc(C)no2)cc1OC. The second-order valence-electron chi connectivity index (χ2n) is 3.44. The Hall–Kier alpha value is -2.24. The highest BCUT2D eigenvalue weighted by Gasteiger charge is 2.15. The fourth-order valence-electron chi connectivity index (χ4n) is 1.49. The van der Waals surface area contributed by atoms with E-state index < -0.39 is 0 Å². The molecule has 0 aliphatic heterocycles. The minimum absolute atomic E-state index is 0.362. The summed E-state index contributed by atoms with van der Waals surface area (Å²) in [6, 6.07) is 3.37. The van der Waals surface area contributed by atoms with E-state index >= 15 is 0 Å². The molecule has 0 saturated heterocycles. The van der Waals surface area contributed by atoms with Gasteiger partial charge in [0.1, 0.15) is 0 Å². The van der Waals surface area contributed by atoms with Crippen molar-refractivity contribution in [3.8, 4) is 23.0 Å². The molecule has 0 bridgehead atoms. The van der Waals surface area contributed by atoms with Crippen molar-refractivity contribution >= 4 is 5.69 Å². The molecule has 90 valence electrons. The third kappa shape index (κ3) is 2.01. The lowest BCUT2D eigenvalue weighted by atomic mass is 10.1. The van der Waals surface area contributed by atoms with Gasteiger partial charge in [-0.3, -0.25) is 0 Å². The Kier molecular flexibility index (Phi) is 2.86. The summed E-state index contributed by atoms with van der Waals surface area (Å²) in [6.07, 6.45) is 0. The molecular formula is C11H13N3O3. The maximum atomic E-state index is 5.90. The van der Waals surface area contributed by atoms with E-state index in [4.69, 9.17) is 19.7 Å². The summed E-state index contributed by atoms with van der Waals surface area (Å²) in [5.74, 6) is 2.03.